The number of nitrogens with zero attached hydrogens (tertiary/aromatic N) is 2. The Kier molecular flexibility index (Phi) is 6.55. The number of carboxylic acid groups (broad SMARTS) is 1. The molecule has 0 fully saturated rings. The maximum absolute atomic E-state index is 12.6. The van der Waals surface area contributed by atoms with E-state index in [1.54, 1.807) is 17.0 Å². The molecule has 1 heterocycles. The number of carbonyl (C=O) groups is 3. The van der Waals surface area contributed by atoms with Crippen molar-refractivity contribution < 1.29 is 19.5 Å². The highest BCUT2D eigenvalue weighted by molar-refractivity contribution is 6.14. The van der Waals surface area contributed by atoms with Crippen molar-refractivity contribution in [3.63, 3.8) is 0 Å². The smallest absolute Gasteiger partial charge is 0.335 e. The van der Waals surface area contributed by atoms with Crippen LogP contribution in [0.25, 0.3) is 0 Å². The van der Waals surface area contributed by atoms with Gasteiger partial charge in [0.05, 0.1) is 16.9 Å². The van der Waals surface area contributed by atoms with Crippen LogP contribution in [0.5, 0.6) is 0 Å². The summed E-state index contributed by atoms with van der Waals surface area (Å²) in [5, 5.41) is 9.28. The fourth-order valence-corrected chi connectivity index (χ4v) is 2.83. The van der Waals surface area contributed by atoms with Gasteiger partial charge in [0.2, 0.25) is 5.91 Å². The van der Waals surface area contributed by atoms with Gasteiger partial charge in [-0.1, -0.05) is 33.3 Å². The predicted octanol–water partition coefficient (Wildman–Crippen LogP) is 3.47. The van der Waals surface area contributed by atoms with Gasteiger partial charge in [0.25, 0.3) is 5.91 Å². The second-order valence-corrected chi connectivity index (χ2v) is 6.86. The molecule has 1 aromatic rings. The Bertz CT molecular complexity index is 725. The van der Waals surface area contributed by atoms with Crippen molar-refractivity contribution in [1.82, 2.24) is 0 Å². The maximum atomic E-state index is 12.6. The second-order valence-electron chi connectivity index (χ2n) is 6.86. The zero-order valence-corrected chi connectivity index (χ0v) is 15.6. The van der Waals surface area contributed by atoms with Gasteiger partial charge in [-0.2, -0.15) is 0 Å². The molecule has 6 nitrogen and oxygen atoms in total. The first-order valence-electron chi connectivity index (χ1n) is 9.00. The molecule has 0 radical (unpaired) electrons. The van der Waals surface area contributed by atoms with E-state index in [0.29, 0.717) is 23.8 Å². The number of fused-ring (bicyclic) bond motifs is 1. The fourth-order valence-electron chi connectivity index (χ4n) is 2.83. The number of carbonyl (C=O) groups excluding carboxylic acids is 2. The molecule has 0 saturated carbocycles. The van der Waals surface area contributed by atoms with Crippen molar-refractivity contribution in [1.29, 1.82) is 0 Å². The number of allylic oxidation sites excluding steroid dienone is 1. The molecule has 2 rings (SSSR count). The number of aromatic carboxylic acids is 1. The minimum atomic E-state index is -1.06. The number of carboxylic acids is 1. The lowest BCUT2D eigenvalue weighted by molar-refractivity contribution is -0.120. The number of anilines is 2. The van der Waals surface area contributed by atoms with E-state index in [-0.39, 0.29) is 23.9 Å². The summed E-state index contributed by atoms with van der Waals surface area (Å²) < 4.78 is 0. The SMILES string of the molecule is CCCCN1C(=O)CN(C(=O)/C=C/CC(C)C)c2cc(C(=O)O)ccc21. The number of amides is 2. The summed E-state index contributed by atoms with van der Waals surface area (Å²) >= 11 is 0. The normalized spacial score (nSPS) is 14.2. The molecule has 26 heavy (non-hydrogen) atoms. The fraction of sp³-hybridized carbons (Fsp3) is 0.450. The molecular formula is C20H26N2O4. The molecule has 1 N–H and O–H groups in total. The summed E-state index contributed by atoms with van der Waals surface area (Å²) in [6, 6.07) is 4.55. The van der Waals surface area contributed by atoms with E-state index in [9.17, 15) is 19.5 Å². The van der Waals surface area contributed by atoms with Gasteiger partial charge < -0.3 is 10.0 Å². The minimum Gasteiger partial charge on any atom is -0.478 e. The van der Waals surface area contributed by atoms with Gasteiger partial charge in [-0.15, -0.1) is 0 Å². The molecule has 6 heteroatoms. The molecule has 0 spiro atoms. The van der Waals surface area contributed by atoms with Gasteiger partial charge >= 0.3 is 5.97 Å². The van der Waals surface area contributed by atoms with Crippen molar-refractivity contribution >= 4 is 29.2 Å². The van der Waals surface area contributed by atoms with E-state index < -0.39 is 5.97 Å². The van der Waals surface area contributed by atoms with Crippen LogP contribution in [0.3, 0.4) is 0 Å². The number of rotatable bonds is 7. The zero-order valence-electron chi connectivity index (χ0n) is 15.6. The standard InChI is InChI=1S/C20H26N2O4/c1-4-5-11-21-16-10-9-15(20(25)26)12-17(16)22(13-19(21)24)18(23)8-6-7-14(2)3/h6,8-10,12,14H,4-5,7,11,13H2,1-3H3,(H,25,26)/b8-6+. The third-order valence-electron chi connectivity index (χ3n) is 4.27. The van der Waals surface area contributed by atoms with Crippen LogP contribution in [-0.4, -0.2) is 36.0 Å². The molecule has 2 amide bonds. The zero-order chi connectivity index (χ0) is 19.3. The highest BCUT2D eigenvalue weighted by Crippen LogP contribution is 2.35. The summed E-state index contributed by atoms with van der Waals surface area (Å²) in [7, 11) is 0. The third-order valence-corrected chi connectivity index (χ3v) is 4.27. The van der Waals surface area contributed by atoms with Gasteiger partial charge in [0.15, 0.2) is 0 Å². The summed E-state index contributed by atoms with van der Waals surface area (Å²) in [4.78, 5) is 39.5. The highest BCUT2D eigenvalue weighted by atomic mass is 16.4. The Labute approximate surface area is 154 Å². The van der Waals surface area contributed by atoms with Crippen LogP contribution in [0.1, 0.15) is 50.4 Å². The van der Waals surface area contributed by atoms with Crippen LogP contribution in [0.4, 0.5) is 11.4 Å². The minimum absolute atomic E-state index is 0.0787. The van der Waals surface area contributed by atoms with E-state index in [0.717, 1.165) is 19.3 Å². The molecule has 0 atom stereocenters. The van der Waals surface area contributed by atoms with Crippen LogP contribution in [0.15, 0.2) is 30.4 Å². The van der Waals surface area contributed by atoms with Crippen LogP contribution in [-0.2, 0) is 9.59 Å². The summed E-state index contributed by atoms with van der Waals surface area (Å²) in [5.41, 5.74) is 1.16. The van der Waals surface area contributed by atoms with E-state index in [2.05, 4.69) is 13.8 Å². The number of benzene rings is 1. The average molecular weight is 358 g/mol. The molecule has 0 unspecified atom stereocenters. The molecule has 140 valence electrons. The topological polar surface area (TPSA) is 77.9 Å². The predicted molar refractivity (Wildman–Crippen MR) is 102 cm³/mol. The third kappa shape index (κ3) is 4.50. The summed E-state index contributed by atoms with van der Waals surface area (Å²) in [6.07, 6.45) is 5.80. The molecule has 1 aliphatic rings. The lowest BCUT2D eigenvalue weighted by atomic mass is 10.1. The molecule has 0 saturated heterocycles. The number of unbranched alkanes of at least 4 members (excludes halogenated alkanes) is 1. The molecule has 0 aliphatic carbocycles. The number of hydrogen-bond acceptors (Lipinski definition) is 3. The van der Waals surface area contributed by atoms with Crippen molar-refractivity contribution in [2.24, 2.45) is 5.92 Å². The van der Waals surface area contributed by atoms with Gasteiger partial charge in [0.1, 0.15) is 6.54 Å². The van der Waals surface area contributed by atoms with Gasteiger partial charge in [-0.3, -0.25) is 14.5 Å². The Morgan fingerprint density at radius 1 is 1.27 bits per heavy atom. The Balaban J connectivity index is 2.40. The Morgan fingerprint density at radius 3 is 2.62 bits per heavy atom. The van der Waals surface area contributed by atoms with Crippen molar-refractivity contribution in [2.75, 3.05) is 22.9 Å². The van der Waals surface area contributed by atoms with Crippen molar-refractivity contribution in [3.05, 3.63) is 35.9 Å². The molecule has 1 aliphatic heterocycles. The molecule has 1 aromatic carbocycles. The average Bonchev–Trinajstić information content (AvgIpc) is 2.59. The quantitative estimate of drug-likeness (QED) is 0.757. The van der Waals surface area contributed by atoms with E-state index in [1.807, 2.05) is 6.92 Å². The van der Waals surface area contributed by atoms with Gasteiger partial charge in [-0.05, 0) is 43.0 Å². The monoisotopic (exact) mass is 358 g/mol. The Morgan fingerprint density at radius 2 is 2.00 bits per heavy atom. The van der Waals surface area contributed by atoms with Crippen LogP contribution in [0, 0.1) is 5.92 Å². The van der Waals surface area contributed by atoms with Crippen molar-refractivity contribution in [2.45, 2.75) is 40.0 Å². The molecule has 0 aromatic heterocycles. The summed E-state index contributed by atoms with van der Waals surface area (Å²) in [5.74, 6) is -1.09. The maximum Gasteiger partial charge on any atom is 0.335 e. The first-order valence-corrected chi connectivity index (χ1v) is 9.00. The van der Waals surface area contributed by atoms with E-state index in [1.165, 1.54) is 23.1 Å². The van der Waals surface area contributed by atoms with Crippen molar-refractivity contribution in [3.8, 4) is 0 Å². The lowest BCUT2D eigenvalue weighted by Gasteiger charge is -2.36. The highest BCUT2D eigenvalue weighted by Gasteiger charge is 2.32. The van der Waals surface area contributed by atoms with Crippen LogP contribution < -0.4 is 9.80 Å². The first kappa shape index (κ1) is 19.7. The van der Waals surface area contributed by atoms with E-state index in [4.69, 9.17) is 0 Å². The number of hydrogen-bond donors (Lipinski definition) is 1. The summed E-state index contributed by atoms with van der Waals surface area (Å²) in [6.45, 7) is 6.63. The first-order chi connectivity index (χ1) is 12.3. The molecule has 0 bridgehead atoms. The van der Waals surface area contributed by atoms with Crippen LogP contribution >= 0.6 is 0 Å². The van der Waals surface area contributed by atoms with Gasteiger partial charge in [0, 0.05) is 6.54 Å². The molecular weight excluding hydrogens is 332 g/mol. The van der Waals surface area contributed by atoms with Gasteiger partial charge in [-0.25, -0.2) is 4.79 Å². The van der Waals surface area contributed by atoms with Crippen LogP contribution in [0.2, 0.25) is 0 Å². The van der Waals surface area contributed by atoms with E-state index >= 15 is 0 Å². The second kappa shape index (κ2) is 8.65. The lowest BCUT2D eigenvalue weighted by Crippen LogP contribution is -2.48. The largest absolute Gasteiger partial charge is 0.478 e. The Hall–Kier alpha value is -2.63.